The molecule has 4 heteroatoms. The number of carboxylic acids is 1. The maximum Gasteiger partial charge on any atom is 0.320 e. The average Bonchev–Trinajstić information content (AvgIpc) is 2.78. The summed E-state index contributed by atoms with van der Waals surface area (Å²) in [4.78, 5) is 10.8. The van der Waals surface area contributed by atoms with Crippen molar-refractivity contribution in [1.82, 2.24) is 5.32 Å². The molecule has 1 aromatic carbocycles. The van der Waals surface area contributed by atoms with Crippen molar-refractivity contribution >= 4 is 5.97 Å². The lowest BCUT2D eigenvalue weighted by atomic mass is 9.94. The van der Waals surface area contributed by atoms with Crippen LogP contribution in [0, 0.1) is 17.2 Å². The van der Waals surface area contributed by atoms with Gasteiger partial charge in [0, 0.05) is 0 Å². The van der Waals surface area contributed by atoms with Crippen LogP contribution < -0.4 is 5.32 Å². The van der Waals surface area contributed by atoms with Crippen LogP contribution in [0.1, 0.15) is 17.5 Å². The minimum Gasteiger partial charge on any atom is -0.480 e. The van der Waals surface area contributed by atoms with Gasteiger partial charge in [-0.2, -0.15) is 5.26 Å². The van der Waals surface area contributed by atoms with Crippen LogP contribution in [0.2, 0.25) is 0 Å². The lowest BCUT2D eigenvalue weighted by molar-refractivity contribution is -0.139. The van der Waals surface area contributed by atoms with Gasteiger partial charge in [-0.05, 0) is 36.9 Å². The number of carboxylic acid groups (broad SMARTS) is 1. The van der Waals surface area contributed by atoms with Gasteiger partial charge in [-0.3, -0.25) is 4.79 Å². The molecule has 1 aliphatic heterocycles. The molecule has 1 aromatic rings. The number of aliphatic carboxylic acids is 1. The topological polar surface area (TPSA) is 73.1 Å². The molecule has 1 aliphatic rings. The van der Waals surface area contributed by atoms with Crippen molar-refractivity contribution < 1.29 is 9.90 Å². The van der Waals surface area contributed by atoms with Crippen LogP contribution in [-0.4, -0.2) is 23.7 Å². The lowest BCUT2D eigenvalue weighted by Gasteiger charge is -2.09. The molecule has 88 valence electrons. The number of rotatable bonds is 3. The summed E-state index contributed by atoms with van der Waals surface area (Å²) >= 11 is 0. The van der Waals surface area contributed by atoms with Gasteiger partial charge in [0.05, 0.1) is 11.6 Å². The molecule has 0 aromatic heterocycles. The van der Waals surface area contributed by atoms with Crippen molar-refractivity contribution in [1.29, 1.82) is 5.26 Å². The maximum absolute atomic E-state index is 10.8. The fourth-order valence-corrected chi connectivity index (χ4v) is 2.27. The van der Waals surface area contributed by atoms with E-state index >= 15 is 0 Å². The first-order valence-corrected chi connectivity index (χ1v) is 5.65. The maximum atomic E-state index is 10.8. The van der Waals surface area contributed by atoms with E-state index in [-0.39, 0.29) is 0 Å². The van der Waals surface area contributed by atoms with Gasteiger partial charge in [0.15, 0.2) is 0 Å². The molecule has 4 nitrogen and oxygen atoms in total. The normalized spacial score (nSPS) is 23.2. The first-order chi connectivity index (χ1) is 8.20. The van der Waals surface area contributed by atoms with Crippen LogP contribution in [-0.2, 0) is 11.2 Å². The summed E-state index contributed by atoms with van der Waals surface area (Å²) in [6.45, 7) is 0.705. The summed E-state index contributed by atoms with van der Waals surface area (Å²) in [7, 11) is 0. The third-order valence-corrected chi connectivity index (χ3v) is 3.17. The van der Waals surface area contributed by atoms with Crippen LogP contribution in [0.25, 0.3) is 0 Å². The first kappa shape index (κ1) is 11.6. The van der Waals surface area contributed by atoms with E-state index in [1.165, 1.54) is 0 Å². The summed E-state index contributed by atoms with van der Waals surface area (Å²) in [6, 6.07) is 9.22. The predicted molar refractivity (Wildman–Crippen MR) is 62.4 cm³/mol. The van der Waals surface area contributed by atoms with Gasteiger partial charge >= 0.3 is 5.97 Å². The fraction of sp³-hybridized carbons (Fsp3) is 0.385. The molecule has 2 atom stereocenters. The molecule has 1 unspecified atom stereocenters. The first-order valence-electron chi connectivity index (χ1n) is 5.65. The van der Waals surface area contributed by atoms with Crippen LogP contribution in [0.5, 0.6) is 0 Å². The zero-order valence-corrected chi connectivity index (χ0v) is 9.39. The van der Waals surface area contributed by atoms with E-state index in [0.717, 1.165) is 12.0 Å². The Balaban J connectivity index is 2.03. The summed E-state index contributed by atoms with van der Waals surface area (Å²) in [5.41, 5.74) is 1.69. The van der Waals surface area contributed by atoms with Crippen molar-refractivity contribution in [3.63, 3.8) is 0 Å². The number of hydrogen-bond acceptors (Lipinski definition) is 3. The highest BCUT2D eigenvalue weighted by atomic mass is 16.4. The van der Waals surface area contributed by atoms with E-state index in [4.69, 9.17) is 10.4 Å². The molecule has 1 heterocycles. The number of hydrogen-bond donors (Lipinski definition) is 2. The van der Waals surface area contributed by atoms with Gasteiger partial charge in [0.25, 0.3) is 0 Å². The number of carbonyl (C=O) groups is 1. The van der Waals surface area contributed by atoms with E-state index < -0.39 is 12.0 Å². The van der Waals surface area contributed by atoms with E-state index in [1.54, 1.807) is 6.07 Å². The summed E-state index contributed by atoms with van der Waals surface area (Å²) < 4.78 is 0. The molecule has 0 radical (unpaired) electrons. The smallest absolute Gasteiger partial charge is 0.320 e. The minimum absolute atomic E-state index is 0.297. The Morgan fingerprint density at radius 1 is 1.53 bits per heavy atom. The Labute approximate surface area is 99.9 Å². The molecule has 0 bridgehead atoms. The molecular formula is C13H14N2O2. The Bertz CT molecular complexity index is 465. The van der Waals surface area contributed by atoms with Crippen LogP contribution >= 0.6 is 0 Å². The van der Waals surface area contributed by atoms with Gasteiger partial charge < -0.3 is 10.4 Å². The largest absolute Gasteiger partial charge is 0.480 e. The third kappa shape index (κ3) is 2.63. The molecule has 1 fully saturated rings. The Morgan fingerprint density at radius 2 is 2.29 bits per heavy atom. The standard InChI is InChI=1S/C13H14N2O2/c14-7-11-4-2-1-3-10(11)5-9-6-12(13(16)17)15-8-9/h1-4,9,12,15H,5-6,8H2,(H,16,17)/t9?,12-/m0/s1. The van der Waals surface area contributed by atoms with Crippen LogP contribution in [0.4, 0.5) is 0 Å². The minimum atomic E-state index is -0.791. The quantitative estimate of drug-likeness (QED) is 0.817. The van der Waals surface area contributed by atoms with Gasteiger partial charge in [0.1, 0.15) is 6.04 Å². The highest BCUT2D eigenvalue weighted by molar-refractivity contribution is 5.73. The SMILES string of the molecule is N#Cc1ccccc1CC1CN[C@H](C(=O)O)C1. The molecule has 2 N–H and O–H groups in total. The predicted octanol–water partition coefficient (Wildman–Crippen LogP) is 1.16. The van der Waals surface area contributed by atoms with Gasteiger partial charge in [-0.1, -0.05) is 18.2 Å². The molecule has 0 spiro atoms. The van der Waals surface area contributed by atoms with E-state index in [9.17, 15) is 4.79 Å². The molecular weight excluding hydrogens is 216 g/mol. The average molecular weight is 230 g/mol. The highest BCUT2D eigenvalue weighted by Gasteiger charge is 2.29. The van der Waals surface area contributed by atoms with Crippen molar-refractivity contribution in [2.24, 2.45) is 5.92 Å². The molecule has 0 saturated carbocycles. The van der Waals surface area contributed by atoms with Crippen molar-refractivity contribution in [3.05, 3.63) is 35.4 Å². The Kier molecular flexibility index (Phi) is 3.40. The number of benzene rings is 1. The Morgan fingerprint density at radius 3 is 2.94 bits per heavy atom. The molecule has 0 amide bonds. The Hall–Kier alpha value is -1.86. The van der Waals surface area contributed by atoms with E-state index in [0.29, 0.717) is 24.4 Å². The lowest BCUT2D eigenvalue weighted by Crippen LogP contribution is -2.29. The van der Waals surface area contributed by atoms with Crippen molar-refractivity contribution in [2.75, 3.05) is 6.54 Å². The second-order valence-corrected chi connectivity index (χ2v) is 4.37. The fourth-order valence-electron chi connectivity index (χ4n) is 2.27. The zero-order chi connectivity index (χ0) is 12.3. The second kappa shape index (κ2) is 4.98. The van der Waals surface area contributed by atoms with Gasteiger partial charge in [0.2, 0.25) is 0 Å². The van der Waals surface area contributed by atoms with Crippen LogP contribution in [0.3, 0.4) is 0 Å². The van der Waals surface area contributed by atoms with Crippen LogP contribution in [0.15, 0.2) is 24.3 Å². The second-order valence-electron chi connectivity index (χ2n) is 4.37. The van der Waals surface area contributed by atoms with E-state index in [2.05, 4.69) is 11.4 Å². The highest BCUT2D eigenvalue weighted by Crippen LogP contribution is 2.21. The molecule has 17 heavy (non-hydrogen) atoms. The van der Waals surface area contributed by atoms with Crippen molar-refractivity contribution in [3.8, 4) is 6.07 Å². The van der Waals surface area contributed by atoms with Crippen molar-refractivity contribution in [2.45, 2.75) is 18.9 Å². The molecule has 1 saturated heterocycles. The number of nitriles is 1. The summed E-state index contributed by atoms with van der Waals surface area (Å²) in [5, 5.41) is 20.8. The monoisotopic (exact) mass is 230 g/mol. The number of nitrogens with one attached hydrogen (secondary N) is 1. The van der Waals surface area contributed by atoms with Gasteiger partial charge in [-0.15, -0.1) is 0 Å². The molecule has 0 aliphatic carbocycles. The third-order valence-electron chi connectivity index (χ3n) is 3.17. The summed E-state index contributed by atoms with van der Waals surface area (Å²) in [6.07, 6.45) is 1.40. The zero-order valence-electron chi connectivity index (χ0n) is 9.39. The molecule has 2 rings (SSSR count). The van der Waals surface area contributed by atoms with E-state index in [1.807, 2.05) is 18.2 Å². The number of nitrogens with zero attached hydrogens (tertiary/aromatic N) is 1. The van der Waals surface area contributed by atoms with Gasteiger partial charge in [-0.25, -0.2) is 0 Å². The summed E-state index contributed by atoms with van der Waals surface area (Å²) in [5.74, 6) is -0.494.